The van der Waals surface area contributed by atoms with Crippen molar-refractivity contribution in [2.45, 2.75) is 19.0 Å². The Hall–Kier alpha value is -1.27. The molecule has 0 bridgehead atoms. The lowest BCUT2D eigenvalue weighted by Crippen LogP contribution is -2.36. The summed E-state index contributed by atoms with van der Waals surface area (Å²) in [5.74, 6) is -0.0491. The lowest BCUT2D eigenvalue weighted by molar-refractivity contribution is -0.138. The van der Waals surface area contributed by atoms with Crippen molar-refractivity contribution < 1.29 is 22.6 Å². The molecule has 0 unspecified atom stereocenters. The van der Waals surface area contributed by atoms with Crippen molar-refractivity contribution >= 4 is 0 Å². The molecule has 0 radical (unpaired) electrons. The number of aryl methyl sites for hydroxylation is 1. The summed E-state index contributed by atoms with van der Waals surface area (Å²) in [5.41, 5.74) is -0.0885. The van der Waals surface area contributed by atoms with E-state index in [1.807, 2.05) is 0 Å². The zero-order valence-electron chi connectivity index (χ0n) is 12.1. The summed E-state index contributed by atoms with van der Waals surface area (Å²) in [6, 6.07) is 4.20. The Morgan fingerprint density at radius 2 is 1.95 bits per heavy atom. The maximum Gasteiger partial charge on any atom is 0.419 e. The van der Waals surface area contributed by atoms with Gasteiger partial charge in [-0.3, -0.25) is 4.90 Å². The maximum absolute atomic E-state index is 12.9. The van der Waals surface area contributed by atoms with E-state index in [-0.39, 0.29) is 5.75 Å². The molecule has 1 aromatic carbocycles. The Kier molecular flexibility index (Phi) is 5.47. The minimum Gasteiger partial charge on any atom is -0.496 e. The van der Waals surface area contributed by atoms with Gasteiger partial charge in [0, 0.05) is 13.1 Å². The number of ether oxygens (including phenoxy) is 2. The monoisotopic (exact) mass is 303 g/mol. The third-order valence-corrected chi connectivity index (χ3v) is 3.63. The fraction of sp³-hybridized carbons (Fsp3) is 0.600. The largest absolute Gasteiger partial charge is 0.496 e. The van der Waals surface area contributed by atoms with Crippen molar-refractivity contribution in [3.63, 3.8) is 0 Å². The second kappa shape index (κ2) is 7.13. The molecule has 0 spiro atoms. The molecule has 1 heterocycles. The van der Waals surface area contributed by atoms with Crippen molar-refractivity contribution in [1.29, 1.82) is 0 Å². The van der Waals surface area contributed by atoms with Gasteiger partial charge in [0.25, 0.3) is 0 Å². The van der Waals surface area contributed by atoms with Crippen molar-refractivity contribution in [3.8, 4) is 5.75 Å². The Morgan fingerprint density at radius 3 is 2.57 bits per heavy atom. The molecule has 118 valence electrons. The second-order valence-electron chi connectivity index (χ2n) is 5.05. The highest BCUT2D eigenvalue weighted by Gasteiger charge is 2.35. The predicted octanol–water partition coefficient (Wildman–Crippen LogP) is 2.98. The number of rotatable bonds is 5. The summed E-state index contributed by atoms with van der Waals surface area (Å²) >= 11 is 0. The zero-order chi connectivity index (χ0) is 15.3. The van der Waals surface area contributed by atoms with Crippen LogP contribution in [0.25, 0.3) is 0 Å². The number of nitrogens with zero attached hydrogens (tertiary/aromatic N) is 1. The van der Waals surface area contributed by atoms with Crippen LogP contribution in [0.5, 0.6) is 5.75 Å². The average molecular weight is 303 g/mol. The lowest BCUT2D eigenvalue weighted by Gasteiger charge is -2.26. The molecule has 21 heavy (non-hydrogen) atoms. The van der Waals surface area contributed by atoms with Crippen LogP contribution in [0.15, 0.2) is 18.2 Å². The molecular weight excluding hydrogens is 283 g/mol. The molecule has 0 N–H and O–H groups in total. The molecule has 1 fully saturated rings. The van der Waals surface area contributed by atoms with Crippen LogP contribution in [0.3, 0.4) is 0 Å². The van der Waals surface area contributed by atoms with Crippen molar-refractivity contribution in [3.05, 3.63) is 29.3 Å². The number of benzene rings is 1. The Balaban J connectivity index is 1.99. The van der Waals surface area contributed by atoms with Crippen molar-refractivity contribution in [2.24, 2.45) is 0 Å². The number of morpholine rings is 1. The van der Waals surface area contributed by atoms with E-state index in [0.717, 1.165) is 45.3 Å². The Morgan fingerprint density at radius 1 is 1.24 bits per heavy atom. The van der Waals surface area contributed by atoms with E-state index in [4.69, 9.17) is 9.47 Å². The van der Waals surface area contributed by atoms with Crippen molar-refractivity contribution in [1.82, 2.24) is 4.90 Å². The Labute approximate surface area is 122 Å². The third kappa shape index (κ3) is 4.35. The minimum absolute atomic E-state index is 0.0491. The number of hydrogen-bond acceptors (Lipinski definition) is 3. The zero-order valence-corrected chi connectivity index (χ0v) is 12.1. The highest BCUT2D eigenvalue weighted by molar-refractivity contribution is 5.43. The van der Waals surface area contributed by atoms with Gasteiger partial charge >= 0.3 is 6.18 Å². The van der Waals surface area contributed by atoms with E-state index in [9.17, 15) is 13.2 Å². The second-order valence-corrected chi connectivity index (χ2v) is 5.05. The molecule has 0 aliphatic carbocycles. The summed E-state index contributed by atoms with van der Waals surface area (Å²) in [6.07, 6.45) is -3.01. The first-order valence-electron chi connectivity index (χ1n) is 7.05. The summed E-state index contributed by atoms with van der Waals surface area (Å²) < 4.78 is 49.0. The van der Waals surface area contributed by atoms with Gasteiger partial charge in [0.15, 0.2) is 0 Å². The molecular formula is C15H20F3NO2. The van der Waals surface area contributed by atoms with Crippen LogP contribution in [-0.4, -0.2) is 44.9 Å². The Bertz CT molecular complexity index is 457. The minimum atomic E-state index is -4.38. The quantitative estimate of drug-likeness (QED) is 0.835. The van der Waals surface area contributed by atoms with Gasteiger partial charge in [-0.05, 0) is 31.0 Å². The molecule has 0 atom stereocenters. The number of halogens is 3. The van der Waals surface area contributed by atoms with Gasteiger partial charge in [0.1, 0.15) is 5.75 Å². The maximum atomic E-state index is 12.9. The van der Waals surface area contributed by atoms with E-state index >= 15 is 0 Å². The number of para-hydroxylation sites is 1. The van der Waals surface area contributed by atoms with Gasteiger partial charge < -0.3 is 9.47 Å². The van der Waals surface area contributed by atoms with Crippen LogP contribution in [0.2, 0.25) is 0 Å². The topological polar surface area (TPSA) is 21.7 Å². The van der Waals surface area contributed by atoms with Gasteiger partial charge in [0.05, 0.1) is 25.9 Å². The first-order valence-corrected chi connectivity index (χ1v) is 7.05. The van der Waals surface area contributed by atoms with E-state index in [2.05, 4.69) is 4.90 Å². The number of hydrogen-bond donors (Lipinski definition) is 0. The predicted molar refractivity (Wildman–Crippen MR) is 73.6 cm³/mol. The summed E-state index contributed by atoms with van der Waals surface area (Å²) in [7, 11) is 1.29. The standard InChI is InChI=1S/C15H20F3NO2/c1-20-14-12(4-2-6-13(14)15(16,17)18)5-3-7-19-8-10-21-11-9-19/h2,4,6H,3,5,7-11H2,1H3. The smallest absolute Gasteiger partial charge is 0.419 e. The molecule has 0 saturated carbocycles. The average Bonchev–Trinajstić information content (AvgIpc) is 2.47. The number of alkyl halides is 3. The van der Waals surface area contributed by atoms with Crippen molar-refractivity contribution in [2.75, 3.05) is 40.0 Å². The van der Waals surface area contributed by atoms with Crippen LogP contribution < -0.4 is 4.74 Å². The molecule has 6 heteroatoms. The van der Waals surface area contributed by atoms with E-state index in [1.54, 1.807) is 6.07 Å². The van der Waals surface area contributed by atoms with Crippen LogP contribution in [0.4, 0.5) is 13.2 Å². The van der Waals surface area contributed by atoms with E-state index in [1.165, 1.54) is 13.2 Å². The van der Waals surface area contributed by atoms with Crippen LogP contribution in [0, 0.1) is 0 Å². The van der Waals surface area contributed by atoms with Crippen LogP contribution >= 0.6 is 0 Å². The van der Waals surface area contributed by atoms with E-state index in [0.29, 0.717) is 12.0 Å². The van der Waals surface area contributed by atoms with E-state index < -0.39 is 11.7 Å². The normalized spacial score (nSPS) is 17.0. The van der Waals surface area contributed by atoms with Gasteiger partial charge in [-0.25, -0.2) is 0 Å². The number of methoxy groups -OCH3 is 1. The first kappa shape index (κ1) is 16.1. The molecule has 2 rings (SSSR count). The molecule has 1 aliphatic heterocycles. The lowest BCUT2D eigenvalue weighted by atomic mass is 10.0. The fourth-order valence-electron chi connectivity index (χ4n) is 2.56. The van der Waals surface area contributed by atoms with Gasteiger partial charge in [-0.1, -0.05) is 12.1 Å². The third-order valence-electron chi connectivity index (χ3n) is 3.63. The molecule has 3 nitrogen and oxygen atoms in total. The molecule has 1 saturated heterocycles. The summed E-state index contributed by atoms with van der Waals surface area (Å²) in [6.45, 7) is 4.10. The van der Waals surface area contributed by atoms with Gasteiger partial charge in [-0.15, -0.1) is 0 Å². The summed E-state index contributed by atoms with van der Waals surface area (Å²) in [4.78, 5) is 2.27. The highest BCUT2D eigenvalue weighted by Crippen LogP contribution is 2.38. The molecule has 1 aromatic rings. The highest BCUT2D eigenvalue weighted by atomic mass is 19.4. The van der Waals surface area contributed by atoms with Gasteiger partial charge in [-0.2, -0.15) is 13.2 Å². The summed E-state index contributed by atoms with van der Waals surface area (Å²) in [5, 5.41) is 0. The SMILES string of the molecule is COc1c(CCCN2CCOCC2)cccc1C(F)(F)F. The fourth-order valence-corrected chi connectivity index (χ4v) is 2.56. The van der Waals surface area contributed by atoms with Crippen LogP contribution in [-0.2, 0) is 17.3 Å². The molecule has 0 aromatic heterocycles. The van der Waals surface area contributed by atoms with Crippen LogP contribution in [0.1, 0.15) is 17.5 Å². The molecule has 1 aliphatic rings. The first-order chi connectivity index (χ1) is 10.0. The van der Waals surface area contributed by atoms with Gasteiger partial charge in [0.2, 0.25) is 0 Å². The molecule has 0 amide bonds.